The number of ether oxygens (including phenoxy) is 1. The van der Waals surface area contributed by atoms with Crippen molar-refractivity contribution in [1.82, 2.24) is 10.3 Å². The van der Waals surface area contributed by atoms with Crippen molar-refractivity contribution in [1.29, 1.82) is 0 Å². The van der Waals surface area contributed by atoms with E-state index in [0.717, 1.165) is 12.0 Å². The molecule has 5 heteroatoms. The Labute approximate surface area is 100 Å². The molecule has 1 aliphatic heterocycles. The van der Waals surface area contributed by atoms with Crippen LogP contribution >= 0.6 is 0 Å². The predicted octanol–water partition coefficient (Wildman–Crippen LogP) is -0.284. The van der Waals surface area contributed by atoms with Crippen LogP contribution in [0.5, 0.6) is 0 Å². The largest absolute Gasteiger partial charge is 0.379 e. The van der Waals surface area contributed by atoms with Crippen LogP contribution in [0.25, 0.3) is 0 Å². The highest BCUT2D eigenvalue weighted by molar-refractivity contribution is 5.84. The molecule has 0 radical (unpaired) electrons. The number of nitrogens with one attached hydrogen (secondary N) is 1. The molecular weight excluding hydrogens is 218 g/mol. The molecule has 0 aliphatic carbocycles. The molecule has 0 bridgehead atoms. The second kappa shape index (κ2) is 5.25. The van der Waals surface area contributed by atoms with Gasteiger partial charge in [-0.05, 0) is 24.1 Å². The van der Waals surface area contributed by atoms with E-state index < -0.39 is 5.41 Å². The van der Waals surface area contributed by atoms with Gasteiger partial charge in [0.15, 0.2) is 0 Å². The topological polar surface area (TPSA) is 77.2 Å². The lowest BCUT2D eigenvalue weighted by atomic mass is 9.85. The highest BCUT2D eigenvalue weighted by atomic mass is 16.5. The summed E-state index contributed by atoms with van der Waals surface area (Å²) >= 11 is 0. The number of carbonyl (C=O) groups excluding carboxylic acids is 1. The SMILES string of the molecule is NCC1(C(=O)NCCc2ccncc2)COC1. The molecule has 1 aromatic rings. The van der Waals surface area contributed by atoms with Crippen molar-refractivity contribution in [3.8, 4) is 0 Å². The zero-order valence-corrected chi connectivity index (χ0v) is 9.69. The van der Waals surface area contributed by atoms with Gasteiger partial charge >= 0.3 is 0 Å². The maximum absolute atomic E-state index is 11.9. The molecule has 1 aromatic heterocycles. The first kappa shape index (κ1) is 12.0. The maximum atomic E-state index is 11.9. The average molecular weight is 235 g/mol. The molecule has 1 amide bonds. The molecule has 5 nitrogen and oxygen atoms in total. The molecule has 17 heavy (non-hydrogen) atoms. The first-order chi connectivity index (χ1) is 8.27. The molecular formula is C12H17N3O2. The summed E-state index contributed by atoms with van der Waals surface area (Å²) in [6.45, 7) is 1.83. The Morgan fingerprint density at radius 1 is 1.47 bits per heavy atom. The molecule has 2 rings (SSSR count). The van der Waals surface area contributed by atoms with Gasteiger partial charge < -0.3 is 15.8 Å². The number of hydrogen-bond donors (Lipinski definition) is 2. The lowest BCUT2D eigenvalue weighted by Crippen LogP contribution is -2.58. The van der Waals surface area contributed by atoms with E-state index in [1.807, 2.05) is 12.1 Å². The summed E-state index contributed by atoms with van der Waals surface area (Å²) in [4.78, 5) is 15.8. The van der Waals surface area contributed by atoms with Gasteiger partial charge in [0, 0.05) is 25.5 Å². The number of nitrogens with two attached hydrogens (primary N) is 1. The van der Waals surface area contributed by atoms with Gasteiger partial charge in [0.2, 0.25) is 5.91 Å². The standard InChI is InChI=1S/C12H17N3O2/c13-7-12(8-17-9-12)11(16)15-6-3-10-1-4-14-5-2-10/h1-2,4-5H,3,6-9,13H2,(H,15,16). The van der Waals surface area contributed by atoms with Crippen LogP contribution in [-0.4, -0.2) is 37.2 Å². The Balaban J connectivity index is 1.77. The number of hydrogen-bond acceptors (Lipinski definition) is 4. The van der Waals surface area contributed by atoms with Crippen LogP contribution in [0.3, 0.4) is 0 Å². The Kier molecular flexibility index (Phi) is 3.71. The van der Waals surface area contributed by atoms with Crippen molar-refractivity contribution in [2.75, 3.05) is 26.3 Å². The van der Waals surface area contributed by atoms with Crippen LogP contribution in [0, 0.1) is 5.41 Å². The minimum atomic E-state index is -0.488. The van der Waals surface area contributed by atoms with Gasteiger partial charge in [-0.15, -0.1) is 0 Å². The summed E-state index contributed by atoms with van der Waals surface area (Å²) in [5.74, 6) is 0.000283. The Morgan fingerprint density at radius 3 is 2.71 bits per heavy atom. The lowest BCUT2D eigenvalue weighted by molar-refractivity contribution is -0.159. The molecule has 0 unspecified atom stereocenters. The van der Waals surface area contributed by atoms with Gasteiger partial charge in [-0.1, -0.05) is 0 Å². The fourth-order valence-corrected chi connectivity index (χ4v) is 1.75. The number of rotatable bonds is 5. The Hall–Kier alpha value is -1.46. The van der Waals surface area contributed by atoms with Crippen LogP contribution in [0.1, 0.15) is 5.56 Å². The van der Waals surface area contributed by atoms with E-state index in [-0.39, 0.29) is 5.91 Å². The van der Waals surface area contributed by atoms with Gasteiger partial charge in [-0.25, -0.2) is 0 Å². The Bertz CT molecular complexity index is 371. The number of pyridine rings is 1. The summed E-state index contributed by atoms with van der Waals surface area (Å²) in [6, 6.07) is 3.88. The molecule has 2 heterocycles. The molecule has 0 aromatic carbocycles. The zero-order valence-electron chi connectivity index (χ0n) is 9.69. The third kappa shape index (κ3) is 2.62. The fourth-order valence-electron chi connectivity index (χ4n) is 1.75. The molecule has 0 atom stereocenters. The highest BCUT2D eigenvalue weighted by Gasteiger charge is 2.44. The number of nitrogens with zero attached hydrogens (tertiary/aromatic N) is 1. The molecule has 92 valence electrons. The van der Waals surface area contributed by atoms with Crippen molar-refractivity contribution in [2.24, 2.45) is 11.1 Å². The number of aromatic nitrogens is 1. The van der Waals surface area contributed by atoms with E-state index in [9.17, 15) is 4.79 Å². The smallest absolute Gasteiger partial charge is 0.232 e. The maximum Gasteiger partial charge on any atom is 0.232 e. The number of carbonyl (C=O) groups is 1. The molecule has 1 fully saturated rings. The minimum absolute atomic E-state index is 0.000283. The zero-order chi connectivity index (χ0) is 12.1. The summed E-state index contributed by atoms with van der Waals surface area (Å²) in [7, 11) is 0. The van der Waals surface area contributed by atoms with Gasteiger partial charge in [0.25, 0.3) is 0 Å². The highest BCUT2D eigenvalue weighted by Crippen LogP contribution is 2.25. The van der Waals surface area contributed by atoms with Crippen molar-refractivity contribution >= 4 is 5.91 Å². The van der Waals surface area contributed by atoms with E-state index in [4.69, 9.17) is 10.5 Å². The third-order valence-electron chi connectivity index (χ3n) is 3.08. The van der Waals surface area contributed by atoms with Gasteiger partial charge in [-0.2, -0.15) is 0 Å². The van der Waals surface area contributed by atoms with Crippen LogP contribution in [-0.2, 0) is 16.0 Å². The van der Waals surface area contributed by atoms with Gasteiger partial charge in [0.05, 0.1) is 13.2 Å². The van der Waals surface area contributed by atoms with Crippen LogP contribution < -0.4 is 11.1 Å². The molecule has 3 N–H and O–H groups in total. The third-order valence-corrected chi connectivity index (χ3v) is 3.08. The fraction of sp³-hybridized carbons (Fsp3) is 0.500. The van der Waals surface area contributed by atoms with E-state index in [0.29, 0.717) is 26.3 Å². The van der Waals surface area contributed by atoms with Crippen molar-refractivity contribution in [2.45, 2.75) is 6.42 Å². The quantitative estimate of drug-likeness (QED) is 0.735. The normalized spacial score (nSPS) is 17.2. The molecule has 0 spiro atoms. The molecule has 1 aliphatic rings. The van der Waals surface area contributed by atoms with E-state index >= 15 is 0 Å². The van der Waals surface area contributed by atoms with E-state index in [2.05, 4.69) is 10.3 Å². The van der Waals surface area contributed by atoms with Crippen molar-refractivity contribution in [3.63, 3.8) is 0 Å². The summed E-state index contributed by atoms with van der Waals surface area (Å²) < 4.78 is 5.07. The lowest BCUT2D eigenvalue weighted by Gasteiger charge is -2.38. The molecule has 1 saturated heterocycles. The van der Waals surface area contributed by atoms with Gasteiger partial charge in [-0.3, -0.25) is 9.78 Å². The monoisotopic (exact) mass is 235 g/mol. The second-order valence-electron chi connectivity index (χ2n) is 4.34. The van der Waals surface area contributed by atoms with E-state index in [1.54, 1.807) is 12.4 Å². The average Bonchev–Trinajstić information content (AvgIpc) is 2.30. The second-order valence-corrected chi connectivity index (χ2v) is 4.34. The summed E-state index contributed by atoms with van der Waals surface area (Å²) in [6.07, 6.45) is 4.30. The minimum Gasteiger partial charge on any atom is -0.379 e. The van der Waals surface area contributed by atoms with Crippen LogP contribution in [0.15, 0.2) is 24.5 Å². The van der Waals surface area contributed by atoms with Crippen LogP contribution in [0.2, 0.25) is 0 Å². The van der Waals surface area contributed by atoms with Crippen LogP contribution in [0.4, 0.5) is 0 Å². The number of amides is 1. The predicted molar refractivity (Wildman–Crippen MR) is 63.3 cm³/mol. The summed E-state index contributed by atoms with van der Waals surface area (Å²) in [5, 5.41) is 2.91. The Morgan fingerprint density at radius 2 is 2.18 bits per heavy atom. The first-order valence-corrected chi connectivity index (χ1v) is 5.72. The molecule has 0 saturated carbocycles. The van der Waals surface area contributed by atoms with E-state index in [1.165, 1.54) is 0 Å². The summed E-state index contributed by atoms with van der Waals surface area (Å²) in [5.41, 5.74) is 6.27. The van der Waals surface area contributed by atoms with Crippen molar-refractivity contribution in [3.05, 3.63) is 30.1 Å². The first-order valence-electron chi connectivity index (χ1n) is 5.72. The van der Waals surface area contributed by atoms with Crippen molar-refractivity contribution < 1.29 is 9.53 Å². The van der Waals surface area contributed by atoms with Gasteiger partial charge in [0.1, 0.15) is 5.41 Å².